The van der Waals surface area contributed by atoms with Gasteiger partial charge in [0, 0.05) is 24.2 Å². The Morgan fingerprint density at radius 2 is 1.88 bits per heavy atom. The highest BCUT2D eigenvalue weighted by molar-refractivity contribution is 5.94. The molecule has 1 N–H and O–H groups in total. The number of aliphatic carboxylic acids is 1. The van der Waals surface area contributed by atoms with E-state index in [9.17, 15) is 14.7 Å². The van der Waals surface area contributed by atoms with Crippen LogP contribution in [-0.2, 0) is 22.5 Å². The number of amides is 1. The molecular formula is C26H31NO5. The van der Waals surface area contributed by atoms with Gasteiger partial charge in [0.2, 0.25) is 0 Å². The molecule has 2 aromatic carbocycles. The monoisotopic (exact) mass is 437 g/mol. The summed E-state index contributed by atoms with van der Waals surface area (Å²) >= 11 is 0. The molecule has 1 unspecified atom stereocenters. The zero-order chi connectivity index (χ0) is 22.5. The predicted octanol–water partition coefficient (Wildman–Crippen LogP) is 5.11. The number of fused-ring (bicyclic) bond motifs is 1. The Balaban J connectivity index is 1.40. The summed E-state index contributed by atoms with van der Waals surface area (Å²) < 4.78 is 5.45. The molecule has 32 heavy (non-hydrogen) atoms. The van der Waals surface area contributed by atoms with Crippen molar-refractivity contribution in [2.75, 3.05) is 6.61 Å². The maximum absolute atomic E-state index is 13.0. The lowest BCUT2D eigenvalue weighted by molar-refractivity contribution is -0.150. The van der Waals surface area contributed by atoms with Gasteiger partial charge in [-0.15, -0.1) is 0 Å². The minimum Gasteiger partial charge on any atom is -0.479 e. The Labute approximate surface area is 189 Å². The van der Waals surface area contributed by atoms with Gasteiger partial charge < -0.3 is 14.7 Å². The van der Waals surface area contributed by atoms with E-state index in [2.05, 4.69) is 12.1 Å². The third kappa shape index (κ3) is 5.13. The van der Waals surface area contributed by atoms with Crippen LogP contribution in [-0.4, -0.2) is 34.8 Å². The number of hydroxylamine groups is 2. The van der Waals surface area contributed by atoms with Gasteiger partial charge in [-0.2, -0.15) is 5.06 Å². The fourth-order valence-corrected chi connectivity index (χ4v) is 4.56. The first-order valence-corrected chi connectivity index (χ1v) is 11.6. The standard InChI is InChI=1S/C26H31NO5/c1-2-14-31-24(26(29)30)16-18-8-13-23-22(15-18)17-27(32-23)25(28)21-11-9-20(10-12-21)19-6-4-3-5-7-19/h8-13,15,19,24H,2-7,14,16-17H2,1H3,(H,29,30). The van der Waals surface area contributed by atoms with E-state index in [0.29, 0.717) is 30.4 Å². The summed E-state index contributed by atoms with van der Waals surface area (Å²) in [6.45, 7) is 2.69. The molecule has 1 saturated carbocycles. The van der Waals surface area contributed by atoms with Crippen LogP contribution in [0, 0.1) is 0 Å². The van der Waals surface area contributed by atoms with Crippen molar-refractivity contribution in [1.29, 1.82) is 0 Å². The zero-order valence-electron chi connectivity index (χ0n) is 18.6. The molecule has 6 heteroatoms. The van der Waals surface area contributed by atoms with Crippen molar-refractivity contribution in [3.8, 4) is 5.75 Å². The van der Waals surface area contributed by atoms with Gasteiger partial charge in [-0.25, -0.2) is 4.79 Å². The van der Waals surface area contributed by atoms with Crippen molar-refractivity contribution in [2.24, 2.45) is 0 Å². The summed E-state index contributed by atoms with van der Waals surface area (Å²) in [5, 5.41) is 10.8. The molecule has 0 spiro atoms. The predicted molar refractivity (Wildman–Crippen MR) is 121 cm³/mol. The van der Waals surface area contributed by atoms with Gasteiger partial charge in [-0.1, -0.05) is 44.4 Å². The van der Waals surface area contributed by atoms with Crippen LogP contribution < -0.4 is 4.84 Å². The summed E-state index contributed by atoms with van der Waals surface area (Å²) in [6, 6.07) is 13.5. The highest BCUT2D eigenvalue weighted by atomic mass is 16.7. The van der Waals surface area contributed by atoms with Crippen molar-refractivity contribution in [1.82, 2.24) is 5.06 Å². The lowest BCUT2D eigenvalue weighted by atomic mass is 9.84. The Hall–Kier alpha value is -2.86. The largest absolute Gasteiger partial charge is 0.479 e. The summed E-state index contributed by atoms with van der Waals surface area (Å²) in [4.78, 5) is 30.2. The lowest BCUT2D eigenvalue weighted by Crippen LogP contribution is -2.29. The van der Waals surface area contributed by atoms with Crippen LogP contribution in [0.25, 0.3) is 0 Å². The van der Waals surface area contributed by atoms with E-state index < -0.39 is 12.1 Å². The minimum absolute atomic E-state index is 0.173. The van der Waals surface area contributed by atoms with E-state index in [0.717, 1.165) is 17.5 Å². The number of carboxylic acids is 1. The maximum atomic E-state index is 13.0. The Bertz CT molecular complexity index is 949. The van der Waals surface area contributed by atoms with Crippen molar-refractivity contribution in [3.05, 3.63) is 64.7 Å². The van der Waals surface area contributed by atoms with Crippen molar-refractivity contribution >= 4 is 11.9 Å². The molecule has 2 aliphatic rings. The van der Waals surface area contributed by atoms with Crippen LogP contribution in [0.3, 0.4) is 0 Å². The van der Waals surface area contributed by atoms with Crippen LogP contribution in [0.1, 0.15) is 78.4 Å². The summed E-state index contributed by atoms with van der Waals surface area (Å²) in [7, 11) is 0. The molecule has 1 heterocycles. The Morgan fingerprint density at radius 3 is 2.56 bits per heavy atom. The summed E-state index contributed by atoms with van der Waals surface area (Å²) in [5.41, 5.74) is 3.64. The minimum atomic E-state index is -0.969. The zero-order valence-corrected chi connectivity index (χ0v) is 18.6. The highest BCUT2D eigenvalue weighted by Gasteiger charge is 2.28. The smallest absolute Gasteiger partial charge is 0.333 e. The van der Waals surface area contributed by atoms with E-state index in [4.69, 9.17) is 9.57 Å². The highest BCUT2D eigenvalue weighted by Crippen LogP contribution is 2.33. The van der Waals surface area contributed by atoms with Crippen LogP contribution in [0.2, 0.25) is 0 Å². The number of carbonyl (C=O) groups is 2. The van der Waals surface area contributed by atoms with Crippen molar-refractivity contribution in [3.63, 3.8) is 0 Å². The van der Waals surface area contributed by atoms with E-state index >= 15 is 0 Å². The third-order valence-electron chi connectivity index (χ3n) is 6.33. The average Bonchev–Trinajstić information content (AvgIpc) is 3.25. The Morgan fingerprint density at radius 1 is 1.12 bits per heavy atom. The molecule has 0 saturated heterocycles. The topological polar surface area (TPSA) is 76.1 Å². The second-order valence-corrected chi connectivity index (χ2v) is 8.73. The number of ether oxygens (including phenoxy) is 1. The van der Waals surface area contributed by atoms with E-state index in [-0.39, 0.29) is 12.3 Å². The summed E-state index contributed by atoms with van der Waals surface area (Å²) in [6.07, 6.45) is 6.51. The number of carboxylic acid groups (broad SMARTS) is 1. The molecule has 1 fully saturated rings. The lowest BCUT2D eigenvalue weighted by Gasteiger charge is -2.22. The molecule has 2 aromatic rings. The molecule has 6 nitrogen and oxygen atoms in total. The van der Waals surface area contributed by atoms with Gasteiger partial charge in [0.05, 0.1) is 6.54 Å². The average molecular weight is 438 g/mol. The molecule has 4 rings (SSSR count). The first kappa shape index (κ1) is 22.3. The molecule has 0 bridgehead atoms. The second-order valence-electron chi connectivity index (χ2n) is 8.73. The van der Waals surface area contributed by atoms with E-state index in [1.807, 2.05) is 31.2 Å². The molecular weight excluding hydrogens is 406 g/mol. The van der Waals surface area contributed by atoms with Crippen LogP contribution in [0.15, 0.2) is 42.5 Å². The maximum Gasteiger partial charge on any atom is 0.333 e. The summed E-state index contributed by atoms with van der Waals surface area (Å²) in [5.74, 6) is 0.0909. The second kappa shape index (κ2) is 10.2. The third-order valence-corrected chi connectivity index (χ3v) is 6.33. The van der Waals surface area contributed by atoms with Gasteiger partial charge >= 0.3 is 5.97 Å². The molecule has 1 aliphatic carbocycles. The molecule has 0 aromatic heterocycles. The van der Waals surface area contributed by atoms with Gasteiger partial charge in [0.1, 0.15) is 0 Å². The van der Waals surface area contributed by atoms with Crippen molar-refractivity contribution < 1.29 is 24.3 Å². The molecule has 1 atom stereocenters. The Kier molecular flexibility index (Phi) is 7.10. The van der Waals surface area contributed by atoms with Gasteiger partial charge in [-0.3, -0.25) is 4.79 Å². The number of benzene rings is 2. The van der Waals surface area contributed by atoms with Crippen LogP contribution in [0.4, 0.5) is 0 Å². The number of nitrogens with zero attached hydrogens (tertiary/aromatic N) is 1. The normalized spacial score (nSPS) is 17.0. The van der Waals surface area contributed by atoms with Gasteiger partial charge in [0.15, 0.2) is 11.9 Å². The fourth-order valence-electron chi connectivity index (χ4n) is 4.56. The number of hydrogen-bond donors (Lipinski definition) is 1. The molecule has 0 radical (unpaired) electrons. The number of rotatable bonds is 8. The van der Waals surface area contributed by atoms with Crippen LogP contribution >= 0.6 is 0 Å². The number of hydrogen-bond acceptors (Lipinski definition) is 4. The SMILES string of the molecule is CCCOC(Cc1ccc2c(c1)CN(C(=O)c1ccc(C3CCCCC3)cc1)O2)C(=O)O. The quantitative estimate of drug-likeness (QED) is 0.621. The van der Waals surface area contributed by atoms with E-state index in [1.165, 1.54) is 42.7 Å². The first-order valence-electron chi connectivity index (χ1n) is 11.6. The van der Waals surface area contributed by atoms with Gasteiger partial charge in [-0.05, 0) is 60.6 Å². The van der Waals surface area contributed by atoms with Crippen molar-refractivity contribution in [2.45, 2.75) is 70.4 Å². The van der Waals surface area contributed by atoms with Crippen LogP contribution in [0.5, 0.6) is 5.75 Å². The molecule has 1 aliphatic heterocycles. The molecule has 1 amide bonds. The molecule has 170 valence electrons. The van der Waals surface area contributed by atoms with E-state index in [1.54, 1.807) is 6.07 Å². The fraction of sp³-hybridized carbons (Fsp3) is 0.462. The number of carbonyl (C=O) groups excluding carboxylic acids is 1. The first-order chi connectivity index (χ1) is 15.5. The van der Waals surface area contributed by atoms with Gasteiger partial charge in [0.25, 0.3) is 5.91 Å².